The lowest BCUT2D eigenvalue weighted by molar-refractivity contribution is 0.0744. The van der Waals surface area contributed by atoms with E-state index in [2.05, 4.69) is 15.9 Å². The first-order valence-corrected chi connectivity index (χ1v) is 6.89. The maximum atomic E-state index is 12.3. The second kappa shape index (κ2) is 5.21. The number of rotatable bonds is 3. The molecule has 0 N–H and O–H groups in total. The fourth-order valence-electron chi connectivity index (χ4n) is 2.16. The van der Waals surface area contributed by atoms with Crippen molar-refractivity contribution in [3.63, 3.8) is 0 Å². The third-order valence-corrected chi connectivity index (χ3v) is 4.58. The molecule has 1 amide bonds. The van der Waals surface area contributed by atoms with Gasteiger partial charge in [-0.3, -0.25) is 4.79 Å². The molecule has 17 heavy (non-hydrogen) atoms. The Morgan fingerprint density at radius 3 is 2.76 bits per heavy atom. The van der Waals surface area contributed by atoms with Gasteiger partial charge in [-0.2, -0.15) is 0 Å². The van der Waals surface area contributed by atoms with E-state index in [1.807, 2.05) is 37.1 Å². The lowest BCUT2D eigenvalue weighted by Gasteiger charge is -2.30. The van der Waals surface area contributed by atoms with Crippen molar-refractivity contribution >= 4 is 21.8 Å². The van der Waals surface area contributed by atoms with Crippen LogP contribution in [-0.2, 0) is 0 Å². The fraction of sp³-hybridized carbons (Fsp3) is 0.500. The second-order valence-corrected chi connectivity index (χ2v) is 5.71. The van der Waals surface area contributed by atoms with Crippen LogP contribution in [0.2, 0.25) is 0 Å². The number of amides is 1. The summed E-state index contributed by atoms with van der Waals surface area (Å²) < 4.78 is 0.922. The van der Waals surface area contributed by atoms with Crippen LogP contribution in [0.25, 0.3) is 0 Å². The predicted molar refractivity (Wildman–Crippen MR) is 73.2 cm³/mol. The van der Waals surface area contributed by atoms with Crippen molar-refractivity contribution in [3.8, 4) is 0 Å². The molecule has 1 fully saturated rings. The second-order valence-electron chi connectivity index (χ2n) is 4.92. The van der Waals surface area contributed by atoms with Gasteiger partial charge in [0, 0.05) is 18.1 Å². The van der Waals surface area contributed by atoms with Crippen LogP contribution in [0.3, 0.4) is 0 Å². The first-order chi connectivity index (χ1) is 8.09. The van der Waals surface area contributed by atoms with Crippen LogP contribution < -0.4 is 0 Å². The van der Waals surface area contributed by atoms with E-state index in [1.165, 1.54) is 19.3 Å². The van der Waals surface area contributed by atoms with Gasteiger partial charge < -0.3 is 4.90 Å². The van der Waals surface area contributed by atoms with Gasteiger partial charge in [0.05, 0.1) is 5.56 Å². The zero-order chi connectivity index (χ0) is 12.4. The SMILES string of the molecule is Cc1cccc(C(=O)N(C)CC2CCC2)c1Br. The van der Waals surface area contributed by atoms with Crippen molar-refractivity contribution in [3.05, 3.63) is 33.8 Å². The molecule has 3 heteroatoms. The lowest BCUT2D eigenvalue weighted by Crippen LogP contribution is -2.34. The molecule has 0 atom stereocenters. The van der Waals surface area contributed by atoms with Crippen molar-refractivity contribution < 1.29 is 4.79 Å². The summed E-state index contributed by atoms with van der Waals surface area (Å²) in [5.41, 5.74) is 1.87. The molecule has 0 spiro atoms. The van der Waals surface area contributed by atoms with Gasteiger partial charge in [-0.25, -0.2) is 0 Å². The number of carbonyl (C=O) groups excluding carboxylic acids is 1. The highest BCUT2D eigenvalue weighted by molar-refractivity contribution is 9.10. The molecule has 1 aromatic carbocycles. The maximum Gasteiger partial charge on any atom is 0.254 e. The van der Waals surface area contributed by atoms with Crippen molar-refractivity contribution in [2.45, 2.75) is 26.2 Å². The number of nitrogens with zero attached hydrogens (tertiary/aromatic N) is 1. The highest BCUT2D eigenvalue weighted by Gasteiger charge is 2.23. The van der Waals surface area contributed by atoms with Crippen molar-refractivity contribution in [2.75, 3.05) is 13.6 Å². The zero-order valence-corrected chi connectivity index (χ0v) is 12.0. The summed E-state index contributed by atoms with van der Waals surface area (Å²) in [5.74, 6) is 0.833. The molecule has 2 nitrogen and oxygen atoms in total. The highest BCUT2D eigenvalue weighted by atomic mass is 79.9. The molecular formula is C14H18BrNO. The third kappa shape index (κ3) is 2.71. The lowest BCUT2D eigenvalue weighted by atomic mass is 9.85. The Labute approximate surface area is 111 Å². The average molecular weight is 296 g/mol. The van der Waals surface area contributed by atoms with E-state index in [0.29, 0.717) is 5.92 Å². The highest BCUT2D eigenvalue weighted by Crippen LogP contribution is 2.28. The summed E-state index contributed by atoms with van der Waals surface area (Å²) >= 11 is 3.50. The first-order valence-electron chi connectivity index (χ1n) is 6.10. The monoisotopic (exact) mass is 295 g/mol. The maximum absolute atomic E-state index is 12.3. The minimum atomic E-state index is 0.118. The fourth-order valence-corrected chi connectivity index (χ4v) is 2.60. The molecule has 0 aromatic heterocycles. The summed E-state index contributed by atoms with van der Waals surface area (Å²) in [6.07, 6.45) is 3.86. The molecule has 0 radical (unpaired) electrons. The van der Waals surface area contributed by atoms with Gasteiger partial charge in [0.2, 0.25) is 0 Å². The van der Waals surface area contributed by atoms with Crippen LogP contribution in [0.1, 0.15) is 35.2 Å². The molecule has 0 saturated heterocycles. The molecule has 0 bridgehead atoms. The van der Waals surface area contributed by atoms with Gasteiger partial charge in [-0.15, -0.1) is 0 Å². The van der Waals surface area contributed by atoms with E-state index in [9.17, 15) is 4.79 Å². The van der Waals surface area contributed by atoms with Gasteiger partial charge in [-0.05, 0) is 53.2 Å². The Morgan fingerprint density at radius 1 is 1.47 bits per heavy atom. The molecule has 2 rings (SSSR count). The van der Waals surface area contributed by atoms with Crippen molar-refractivity contribution in [2.24, 2.45) is 5.92 Å². The minimum absolute atomic E-state index is 0.118. The Kier molecular flexibility index (Phi) is 3.87. The summed E-state index contributed by atoms with van der Waals surface area (Å²) in [6.45, 7) is 2.89. The summed E-state index contributed by atoms with van der Waals surface area (Å²) in [5, 5.41) is 0. The Bertz CT molecular complexity index is 426. The van der Waals surface area contributed by atoms with E-state index in [0.717, 1.165) is 22.1 Å². The van der Waals surface area contributed by atoms with Crippen molar-refractivity contribution in [1.29, 1.82) is 0 Å². The molecular weight excluding hydrogens is 278 g/mol. The number of hydrogen-bond donors (Lipinski definition) is 0. The molecule has 0 aliphatic heterocycles. The first kappa shape index (κ1) is 12.6. The van der Waals surface area contributed by atoms with Crippen LogP contribution in [0.15, 0.2) is 22.7 Å². The average Bonchev–Trinajstić information content (AvgIpc) is 2.26. The molecule has 1 aliphatic rings. The van der Waals surface area contributed by atoms with E-state index >= 15 is 0 Å². The molecule has 1 aliphatic carbocycles. The van der Waals surface area contributed by atoms with Gasteiger partial charge in [-0.1, -0.05) is 18.6 Å². The normalized spacial score (nSPS) is 15.5. The van der Waals surface area contributed by atoms with Crippen LogP contribution in [0.5, 0.6) is 0 Å². The minimum Gasteiger partial charge on any atom is -0.341 e. The van der Waals surface area contributed by atoms with E-state index in [-0.39, 0.29) is 5.91 Å². The van der Waals surface area contributed by atoms with Gasteiger partial charge in [0.1, 0.15) is 0 Å². The molecule has 0 heterocycles. The Hall–Kier alpha value is -0.830. The van der Waals surface area contributed by atoms with E-state index in [1.54, 1.807) is 0 Å². The van der Waals surface area contributed by atoms with E-state index < -0.39 is 0 Å². The molecule has 1 saturated carbocycles. The summed E-state index contributed by atoms with van der Waals surface area (Å²) in [4.78, 5) is 14.1. The predicted octanol–water partition coefficient (Wildman–Crippen LogP) is 3.63. The Morgan fingerprint density at radius 2 is 2.18 bits per heavy atom. The molecule has 0 unspecified atom stereocenters. The van der Waals surface area contributed by atoms with Crippen LogP contribution in [-0.4, -0.2) is 24.4 Å². The van der Waals surface area contributed by atoms with Gasteiger partial charge in [0.15, 0.2) is 0 Å². The van der Waals surface area contributed by atoms with Gasteiger partial charge >= 0.3 is 0 Å². The van der Waals surface area contributed by atoms with E-state index in [4.69, 9.17) is 0 Å². The van der Waals surface area contributed by atoms with Crippen LogP contribution in [0.4, 0.5) is 0 Å². The smallest absolute Gasteiger partial charge is 0.254 e. The summed E-state index contributed by atoms with van der Waals surface area (Å²) in [7, 11) is 1.90. The number of hydrogen-bond acceptors (Lipinski definition) is 1. The molecule has 92 valence electrons. The van der Waals surface area contributed by atoms with Crippen LogP contribution >= 0.6 is 15.9 Å². The largest absolute Gasteiger partial charge is 0.341 e. The topological polar surface area (TPSA) is 20.3 Å². The quantitative estimate of drug-likeness (QED) is 0.834. The number of halogens is 1. The van der Waals surface area contributed by atoms with Crippen molar-refractivity contribution in [1.82, 2.24) is 4.90 Å². The van der Waals surface area contributed by atoms with Gasteiger partial charge in [0.25, 0.3) is 5.91 Å². The third-order valence-electron chi connectivity index (χ3n) is 3.53. The zero-order valence-electron chi connectivity index (χ0n) is 10.4. The number of aryl methyl sites for hydroxylation is 1. The number of carbonyl (C=O) groups is 1. The number of benzene rings is 1. The Balaban J connectivity index is 2.09. The summed E-state index contributed by atoms with van der Waals surface area (Å²) in [6, 6.07) is 5.83. The standard InChI is InChI=1S/C14H18BrNO/c1-10-5-3-8-12(13(10)15)14(17)16(2)9-11-6-4-7-11/h3,5,8,11H,4,6-7,9H2,1-2H3. The molecule has 1 aromatic rings. The van der Waals surface area contributed by atoms with Crippen LogP contribution in [0, 0.1) is 12.8 Å².